The van der Waals surface area contributed by atoms with E-state index in [0.29, 0.717) is 6.04 Å². The van der Waals surface area contributed by atoms with Crippen LogP contribution in [0.3, 0.4) is 0 Å². The minimum atomic E-state index is 0.605. The van der Waals surface area contributed by atoms with Crippen molar-refractivity contribution >= 4 is 0 Å². The number of unbranched alkanes of at least 4 members (excludes halogenated alkanes) is 1. The lowest BCUT2D eigenvalue weighted by Gasteiger charge is -2.14. The summed E-state index contributed by atoms with van der Waals surface area (Å²) in [7, 11) is 0. The van der Waals surface area contributed by atoms with Crippen LogP contribution in [0.1, 0.15) is 78.8 Å². The van der Waals surface area contributed by atoms with Crippen LogP contribution in [-0.4, -0.2) is 9.78 Å². The Kier molecular flexibility index (Phi) is 14.5. The van der Waals surface area contributed by atoms with E-state index >= 15 is 0 Å². The third kappa shape index (κ3) is 8.00. The van der Waals surface area contributed by atoms with E-state index in [2.05, 4.69) is 36.7 Å². The quantitative estimate of drug-likeness (QED) is 0.675. The molecule has 1 rings (SSSR count). The van der Waals surface area contributed by atoms with Gasteiger partial charge < -0.3 is 0 Å². The molecule has 0 saturated heterocycles. The van der Waals surface area contributed by atoms with Crippen molar-refractivity contribution in [2.75, 3.05) is 0 Å². The number of rotatable bonds is 5. The molecule has 0 N–H and O–H groups in total. The summed E-state index contributed by atoms with van der Waals surface area (Å²) in [6.07, 6.45) is 9.10. The third-order valence-electron chi connectivity index (χ3n) is 2.47. The predicted octanol–water partition coefficient (Wildman–Crippen LogP) is 5.39. The van der Waals surface area contributed by atoms with Crippen LogP contribution in [0, 0.1) is 6.92 Å². The van der Waals surface area contributed by atoms with Crippen LogP contribution in [0.2, 0.25) is 0 Å². The van der Waals surface area contributed by atoms with E-state index in [1.165, 1.54) is 31.2 Å². The fourth-order valence-corrected chi connectivity index (χ4v) is 1.60. The van der Waals surface area contributed by atoms with Gasteiger partial charge in [0.2, 0.25) is 0 Å². The number of hydrogen-bond acceptors (Lipinski definition) is 1. The Morgan fingerprint density at radius 3 is 2.12 bits per heavy atom. The lowest BCUT2D eigenvalue weighted by Crippen LogP contribution is -2.08. The first-order valence-electron chi connectivity index (χ1n) is 7.28. The zero-order valence-electron chi connectivity index (χ0n) is 13.0. The molecule has 0 spiro atoms. The molecule has 0 radical (unpaired) electrons. The number of aromatic nitrogens is 2. The van der Waals surface area contributed by atoms with Crippen LogP contribution in [0.4, 0.5) is 0 Å². The summed E-state index contributed by atoms with van der Waals surface area (Å²) in [6.45, 7) is 14.6. The van der Waals surface area contributed by atoms with E-state index < -0.39 is 0 Å². The van der Waals surface area contributed by atoms with Crippen LogP contribution in [0.15, 0.2) is 12.4 Å². The van der Waals surface area contributed by atoms with Crippen molar-refractivity contribution in [1.29, 1.82) is 0 Å². The molecule has 1 heterocycles. The van der Waals surface area contributed by atoms with E-state index in [-0.39, 0.29) is 0 Å². The van der Waals surface area contributed by atoms with Crippen LogP contribution < -0.4 is 0 Å². The monoisotopic (exact) mass is 240 g/mol. The van der Waals surface area contributed by atoms with Crippen molar-refractivity contribution in [3.05, 3.63) is 18.0 Å². The second-order valence-corrected chi connectivity index (χ2v) is 3.70. The SMILES string of the molecule is CC.CC.CCCCC(CC)n1cc(C)cn1. The van der Waals surface area contributed by atoms with Gasteiger partial charge in [-0.3, -0.25) is 4.68 Å². The average molecular weight is 240 g/mol. The molecule has 102 valence electrons. The summed E-state index contributed by atoms with van der Waals surface area (Å²) >= 11 is 0. The van der Waals surface area contributed by atoms with Gasteiger partial charge in [0.15, 0.2) is 0 Å². The van der Waals surface area contributed by atoms with Crippen LogP contribution in [0.5, 0.6) is 0 Å². The van der Waals surface area contributed by atoms with Crippen molar-refractivity contribution in [3.8, 4) is 0 Å². The second-order valence-electron chi connectivity index (χ2n) is 3.70. The molecule has 17 heavy (non-hydrogen) atoms. The maximum Gasteiger partial charge on any atom is 0.0519 e. The Morgan fingerprint density at radius 1 is 1.18 bits per heavy atom. The predicted molar refractivity (Wildman–Crippen MR) is 78.5 cm³/mol. The highest BCUT2D eigenvalue weighted by atomic mass is 15.3. The van der Waals surface area contributed by atoms with E-state index in [4.69, 9.17) is 0 Å². The summed E-state index contributed by atoms with van der Waals surface area (Å²) in [4.78, 5) is 0. The fraction of sp³-hybridized carbons (Fsp3) is 0.800. The van der Waals surface area contributed by atoms with Gasteiger partial charge in [-0.1, -0.05) is 54.4 Å². The van der Waals surface area contributed by atoms with Gasteiger partial charge in [-0.15, -0.1) is 0 Å². The molecule has 1 aromatic rings. The van der Waals surface area contributed by atoms with Crippen molar-refractivity contribution in [2.45, 2.75) is 80.2 Å². The third-order valence-corrected chi connectivity index (χ3v) is 2.47. The van der Waals surface area contributed by atoms with Crippen LogP contribution in [-0.2, 0) is 0 Å². The van der Waals surface area contributed by atoms with Gasteiger partial charge >= 0.3 is 0 Å². The number of hydrogen-bond donors (Lipinski definition) is 0. The lowest BCUT2D eigenvalue weighted by molar-refractivity contribution is 0.400. The van der Waals surface area contributed by atoms with Gasteiger partial charge in [-0.25, -0.2) is 0 Å². The smallest absolute Gasteiger partial charge is 0.0519 e. The molecule has 0 aliphatic heterocycles. The first-order valence-corrected chi connectivity index (χ1v) is 7.28. The van der Waals surface area contributed by atoms with Gasteiger partial charge in [0.05, 0.1) is 12.2 Å². The minimum absolute atomic E-state index is 0.605. The highest BCUT2D eigenvalue weighted by molar-refractivity contribution is 5.00. The Labute approximate surface area is 108 Å². The zero-order chi connectivity index (χ0) is 13.7. The Balaban J connectivity index is 0. The van der Waals surface area contributed by atoms with E-state index in [9.17, 15) is 0 Å². The van der Waals surface area contributed by atoms with Gasteiger partial charge in [-0.2, -0.15) is 5.10 Å². The van der Waals surface area contributed by atoms with Gasteiger partial charge in [0.1, 0.15) is 0 Å². The standard InChI is InChI=1S/C11H20N2.2C2H6/c1-4-6-7-11(5-2)13-9-10(3)8-12-13;2*1-2/h8-9,11H,4-7H2,1-3H3;2*1-2H3. The molecule has 0 saturated carbocycles. The molecule has 2 heteroatoms. The summed E-state index contributed by atoms with van der Waals surface area (Å²) in [6, 6.07) is 0.605. The molecule has 0 aliphatic carbocycles. The van der Waals surface area contributed by atoms with Crippen LogP contribution >= 0.6 is 0 Å². The molecule has 0 fully saturated rings. The van der Waals surface area contributed by atoms with Gasteiger partial charge in [-0.05, 0) is 25.3 Å². The zero-order valence-corrected chi connectivity index (χ0v) is 13.0. The number of aryl methyl sites for hydroxylation is 1. The van der Waals surface area contributed by atoms with E-state index in [0.717, 1.165) is 0 Å². The molecule has 0 aromatic carbocycles. The molecular weight excluding hydrogens is 208 g/mol. The minimum Gasteiger partial charge on any atom is -0.269 e. The molecule has 2 nitrogen and oxygen atoms in total. The summed E-state index contributed by atoms with van der Waals surface area (Å²) < 4.78 is 2.12. The van der Waals surface area contributed by atoms with Crippen LogP contribution in [0.25, 0.3) is 0 Å². The Hall–Kier alpha value is -0.790. The maximum atomic E-state index is 4.36. The molecular formula is C15H32N2. The first-order chi connectivity index (χ1) is 8.27. The summed E-state index contributed by atoms with van der Waals surface area (Å²) in [5.41, 5.74) is 1.26. The molecule has 0 bridgehead atoms. The highest BCUT2D eigenvalue weighted by Gasteiger charge is 2.07. The molecule has 1 unspecified atom stereocenters. The van der Waals surface area contributed by atoms with Crippen molar-refractivity contribution < 1.29 is 0 Å². The largest absolute Gasteiger partial charge is 0.269 e. The summed E-state index contributed by atoms with van der Waals surface area (Å²) in [5, 5.41) is 4.36. The lowest BCUT2D eigenvalue weighted by atomic mass is 10.1. The molecule has 1 atom stereocenters. The van der Waals surface area contributed by atoms with Gasteiger partial charge in [0, 0.05) is 6.20 Å². The molecule has 0 aliphatic rings. The van der Waals surface area contributed by atoms with Gasteiger partial charge in [0.25, 0.3) is 0 Å². The Bertz CT molecular complexity index is 241. The number of nitrogens with zero attached hydrogens (tertiary/aromatic N) is 2. The normalized spacial score (nSPS) is 10.8. The summed E-state index contributed by atoms with van der Waals surface area (Å²) in [5.74, 6) is 0. The maximum absolute atomic E-state index is 4.36. The highest BCUT2D eigenvalue weighted by Crippen LogP contribution is 2.18. The van der Waals surface area contributed by atoms with Crippen molar-refractivity contribution in [2.24, 2.45) is 0 Å². The average Bonchev–Trinajstić information content (AvgIpc) is 2.82. The molecule has 0 amide bonds. The fourth-order valence-electron chi connectivity index (χ4n) is 1.60. The van der Waals surface area contributed by atoms with Crippen molar-refractivity contribution in [3.63, 3.8) is 0 Å². The Morgan fingerprint density at radius 2 is 1.76 bits per heavy atom. The first kappa shape index (κ1) is 18.6. The van der Waals surface area contributed by atoms with E-state index in [1.807, 2.05) is 33.9 Å². The second kappa shape index (κ2) is 13.3. The van der Waals surface area contributed by atoms with E-state index in [1.54, 1.807) is 0 Å². The van der Waals surface area contributed by atoms with Crippen molar-refractivity contribution in [1.82, 2.24) is 9.78 Å². The topological polar surface area (TPSA) is 17.8 Å². The molecule has 1 aromatic heterocycles.